The standard InChI is InChI=1S/C21H38N8O.HI/c1-2-22-21(23-9-5-8-10-27-18-24-25-19-27)29-15-13-26(14-16-29)17-20(30)28-11-6-3-4-7-12-28;/h18-19H,2-17H2,1H3,(H,22,23);1H. The Balaban J connectivity index is 0.00000341. The molecular weight excluding hydrogens is 507 g/mol. The van der Waals surface area contributed by atoms with Gasteiger partial charge in [0.1, 0.15) is 12.7 Å². The number of likely N-dealkylation sites (tertiary alicyclic amines) is 1. The summed E-state index contributed by atoms with van der Waals surface area (Å²) in [6, 6.07) is 0. The highest BCUT2D eigenvalue weighted by Gasteiger charge is 2.23. The molecule has 2 aliphatic rings. The van der Waals surface area contributed by atoms with Gasteiger partial charge in [-0.2, -0.15) is 0 Å². The van der Waals surface area contributed by atoms with Gasteiger partial charge < -0.3 is 19.7 Å². The van der Waals surface area contributed by atoms with Crippen LogP contribution in [0.4, 0.5) is 0 Å². The van der Waals surface area contributed by atoms with Crippen molar-refractivity contribution in [1.82, 2.24) is 34.8 Å². The van der Waals surface area contributed by atoms with Gasteiger partial charge in [0.2, 0.25) is 5.91 Å². The molecule has 9 nitrogen and oxygen atoms in total. The van der Waals surface area contributed by atoms with Gasteiger partial charge in [0.05, 0.1) is 6.54 Å². The van der Waals surface area contributed by atoms with Crippen molar-refractivity contribution in [1.29, 1.82) is 0 Å². The molecule has 0 unspecified atom stereocenters. The van der Waals surface area contributed by atoms with E-state index in [1.165, 1.54) is 12.8 Å². The fraction of sp³-hybridized carbons (Fsp3) is 0.810. The van der Waals surface area contributed by atoms with Crippen molar-refractivity contribution in [3.63, 3.8) is 0 Å². The van der Waals surface area contributed by atoms with Crippen LogP contribution in [0.5, 0.6) is 0 Å². The number of piperazine rings is 1. The Morgan fingerprint density at radius 1 is 0.935 bits per heavy atom. The van der Waals surface area contributed by atoms with Gasteiger partial charge in [0.15, 0.2) is 5.96 Å². The average Bonchev–Trinajstić information content (AvgIpc) is 3.13. The molecule has 2 saturated heterocycles. The molecule has 0 aliphatic carbocycles. The zero-order valence-electron chi connectivity index (χ0n) is 18.9. The molecule has 1 amide bonds. The normalized spacial score (nSPS) is 18.4. The van der Waals surface area contributed by atoms with Gasteiger partial charge in [-0.1, -0.05) is 12.8 Å². The van der Waals surface area contributed by atoms with E-state index in [-0.39, 0.29) is 24.0 Å². The smallest absolute Gasteiger partial charge is 0.236 e. The van der Waals surface area contributed by atoms with Crippen molar-refractivity contribution in [2.24, 2.45) is 4.99 Å². The molecule has 2 aliphatic heterocycles. The minimum Gasteiger partial charge on any atom is -0.357 e. The summed E-state index contributed by atoms with van der Waals surface area (Å²) in [4.78, 5) is 24.2. The van der Waals surface area contributed by atoms with E-state index in [1.807, 2.05) is 4.57 Å². The maximum atomic E-state index is 12.7. The fourth-order valence-electron chi connectivity index (χ4n) is 4.08. The van der Waals surface area contributed by atoms with E-state index in [9.17, 15) is 4.79 Å². The monoisotopic (exact) mass is 546 g/mol. The third kappa shape index (κ3) is 8.91. The molecule has 1 N–H and O–H groups in total. The number of amides is 1. The molecule has 0 saturated carbocycles. The lowest BCUT2D eigenvalue weighted by atomic mass is 10.2. The summed E-state index contributed by atoms with van der Waals surface area (Å²) in [5.74, 6) is 1.30. The van der Waals surface area contributed by atoms with Crippen LogP contribution < -0.4 is 5.32 Å². The van der Waals surface area contributed by atoms with Crippen molar-refractivity contribution in [2.45, 2.75) is 52.0 Å². The topological polar surface area (TPSA) is 81.9 Å². The van der Waals surface area contributed by atoms with Gasteiger partial charge in [-0.15, -0.1) is 34.2 Å². The van der Waals surface area contributed by atoms with E-state index in [1.54, 1.807) is 12.7 Å². The van der Waals surface area contributed by atoms with Crippen LogP contribution in [-0.4, -0.2) is 100 Å². The lowest BCUT2D eigenvalue weighted by Crippen LogP contribution is -2.54. The highest BCUT2D eigenvalue weighted by Crippen LogP contribution is 2.11. The Labute approximate surface area is 203 Å². The van der Waals surface area contributed by atoms with E-state index in [0.717, 1.165) is 90.5 Å². The molecule has 1 aromatic rings. The molecule has 3 rings (SSSR count). The van der Waals surface area contributed by atoms with Crippen LogP contribution in [0.25, 0.3) is 0 Å². The third-order valence-corrected chi connectivity index (χ3v) is 5.88. The van der Waals surface area contributed by atoms with Crippen molar-refractivity contribution >= 4 is 35.8 Å². The number of nitrogens with one attached hydrogen (secondary N) is 1. The van der Waals surface area contributed by atoms with Gasteiger partial charge in [0, 0.05) is 58.9 Å². The predicted molar refractivity (Wildman–Crippen MR) is 134 cm³/mol. The molecule has 1 aromatic heterocycles. The van der Waals surface area contributed by atoms with E-state index in [2.05, 4.69) is 37.1 Å². The number of carbonyl (C=O) groups is 1. The zero-order valence-corrected chi connectivity index (χ0v) is 21.2. The first-order chi connectivity index (χ1) is 14.8. The van der Waals surface area contributed by atoms with Crippen molar-refractivity contribution in [3.8, 4) is 0 Å². The SMILES string of the molecule is CCNC(=NCCCCn1cnnc1)N1CCN(CC(=O)N2CCCCCC2)CC1.I. The Morgan fingerprint density at radius 3 is 2.26 bits per heavy atom. The summed E-state index contributed by atoms with van der Waals surface area (Å²) in [5.41, 5.74) is 0. The molecule has 2 fully saturated rings. The van der Waals surface area contributed by atoms with Crippen molar-refractivity contribution in [2.75, 3.05) is 58.9 Å². The number of aryl methyl sites for hydroxylation is 1. The molecule has 0 bridgehead atoms. The first kappa shape index (κ1) is 25.8. The molecule has 0 atom stereocenters. The van der Waals surface area contributed by atoms with Crippen molar-refractivity contribution in [3.05, 3.63) is 12.7 Å². The van der Waals surface area contributed by atoms with E-state index < -0.39 is 0 Å². The van der Waals surface area contributed by atoms with Gasteiger partial charge >= 0.3 is 0 Å². The Bertz CT molecular complexity index is 638. The minimum absolute atomic E-state index is 0. The third-order valence-electron chi connectivity index (χ3n) is 5.88. The zero-order chi connectivity index (χ0) is 21.0. The number of carbonyl (C=O) groups excluding carboxylic acids is 1. The number of hydrogen-bond donors (Lipinski definition) is 1. The van der Waals surface area contributed by atoms with E-state index >= 15 is 0 Å². The number of nitrogens with zero attached hydrogens (tertiary/aromatic N) is 7. The summed E-state index contributed by atoms with van der Waals surface area (Å²) in [6.07, 6.45) is 10.4. The Kier molecular flexibility index (Phi) is 12.2. The summed E-state index contributed by atoms with van der Waals surface area (Å²) in [6.45, 7) is 10.8. The molecule has 10 heteroatoms. The molecule has 0 aromatic carbocycles. The lowest BCUT2D eigenvalue weighted by Gasteiger charge is -2.37. The van der Waals surface area contributed by atoms with E-state index in [0.29, 0.717) is 12.5 Å². The van der Waals surface area contributed by atoms with Gasteiger partial charge in [-0.3, -0.25) is 14.7 Å². The van der Waals surface area contributed by atoms with Crippen LogP contribution in [0, 0.1) is 0 Å². The Morgan fingerprint density at radius 2 is 1.61 bits per heavy atom. The predicted octanol–water partition coefficient (Wildman–Crippen LogP) is 1.66. The Hall–Kier alpha value is -1.43. The summed E-state index contributed by atoms with van der Waals surface area (Å²) >= 11 is 0. The molecule has 31 heavy (non-hydrogen) atoms. The van der Waals surface area contributed by atoms with Crippen LogP contribution in [-0.2, 0) is 11.3 Å². The average molecular weight is 547 g/mol. The second-order valence-corrected chi connectivity index (χ2v) is 8.20. The second-order valence-electron chi connectivity index (χ2n) is 8.20. The van der Waals surface area contributed by atoms with Gasteiger partial charge in [0.25, 0.3) is 0 Å². The molecule has 0 spiro atoms. The number of guanidine groups is 1. The summed E-state index contributed by atoms with van der Waals surface area (Å²) in [5, 5.41) is 11.1. The first-order valence-electron chi connectivity index (χ1n) is 11.6. The number of aromatic nitrogens is 3. The molecule has 176 valence electrons. The quantitative estimate of drug-likeness (QED) is 0.231. The number of hydrogen-bond acceptors (Lipinski definition) is 5. The highest BCUT2D eigenvalue weighted by atomic mass is 127. The van der Waals surface area contributed by atoms with Gasteiger partial charge in [-0.05, 0) is 32.6 Å². The number of rotatable bonds is 8. The number of aliphatic imine (C=N–C) groups is 1. The number of halogens is 1. The van der Waals surface area contributed by atoms with Crippen LogP contribution >= 0.6 is 24.0 Å². The van der Waals surface area contributed by atoms with Crippen LogP contribution in [0.3, 0.4) is 0 Å². The van der Waals surface area contributed by atoms with Crippen LogP contribution in [0.2, 0.25) is 0 Å². The summed E-state index contributed by atoms with van der Waals surface area (Å²) < 4.78 is 2.00. The first-order valence-corrected chi connectivity index (χ1v) is 11.6. The maximum absolute atomic E-state index is 12.7. The summed E-state index contributed by atoms with van der Waals surface area (Å²) in [7, 11) is 0. The highest BCUT2D eigenvalue weighted by molar-refractivity contribution is 14.0. The van der Waals surface area contributed by atoms with Crippen LogP contribution in [0.1, 0.15) is 45.4 Å². The van der Waals surface area contributed by atoms with Crippen molar-refractivity contribution < 1.29 is 4.79 Å². The molecular formula is C21H39IN8O. The number of unbranched alkanes of at least 4 members (excludes halogenated alkanes) is 1. The second kappa shape index (κ2) is 14.6. The largest absolute Gasteiger partial charge is 0.357 e. The van der Waals surface area contributed by atoms with E-state index in [4.69, 9.17) is 4.99 Å². The molecule has 0 radical (unpaired) electrons. The lowest BCUT2D eigenvalue weighted by molar-refractivity contribution is -0.132. The van der Waals surface area contributed by atoms with Crippen LogP contribution in [0.15, 0.2) is 17.6 Å². The maximum Gasteiger partial charge on any atom is 0.236 e. The minimum atomic E-state index is 0. The molecule has 3 heterocycles. The van der Waals surface area contributed by atoms with Gasteiger partial charge in [-0.25, -0.2) is 0 Å². The fourth-order valence-corrected chi connectivity index (χ4v) is 4.08.